The predicted octanol–water partition coefficient (Wildman–Crippen LogP) is 3.30. The topological polar surface area (TPSA) is 28.2 Å². The van der Waals surface area contributed by atoms with Gasteiger partial charge in [0.05, 0.1) is 0 Å². The Balaban J connectivity index is 2.08. The Labute approximate surface area is 113 Å². The molecule has 0 saturated heterocycles. The SMILES string of the molecule is CN(C)CC(C)(C)CNc1nccc2sccc12. The van der Waals surface area contributed by atoms with Crippen LogP contribution in [-0.4, -0.2) is 37.1 Å². The number of nitrogens with zero attached hydrogens (tertiary/aromatic N) is 2. The van der Waals surface area contributed by atoms with E-state index in [0.717, 1.165) is 18.9 Å². The van der Waals surface area contributed by atoms with Gasteiger partial charge < -0.3 is 10.2 Å². The molecule has 0 unspecified atom stereocenters. The molecule has 0 spiro atoms. The van der Waals surface area contributed by atoms with E-state index in [4.69, 9.17) is 0 Å². The Kier molecular flexibility index (Phi) is 3.88. The van der Waals surface area contributed by atoms with Gasteiger partial charge in [0.15, 0.2) is 0 Å². The fourth-order valence-electron chi connectivity index (χ4n) is 2.27. The Bertz CT molecular complexity index is 516. The molecule has 2 rings (SSSR count). The lowest BCUT2D eigenvalue weighted by Crippen LogP contribution is -2.34. The minimum atomic E-state index is 0.226. The van der Waals surface area contributed by atoms with E-state index in [1.54, 1.807) is 11.3 Å². The number of pyridine rings is 1. The molecule has 98 valence electrons. The van der Waals surface area contributed by atoms with E-state index in [0.29, 0.717) is 0 Å². The molecule has 2 aromatic rings. The second-order valence-electron chi connectivity index (χ2n) is 5.75. The quantitative estimate of drug-likeness (QED) is 0.897. The molecule has 2 aromatic heterocycles. The maximum absolute atomic E-state index is 4.44. The number of thiophene rings is 1. The molecule has 0 fully saturated rings. The number of nitrogens with one attached hydrogen (secondary N) is 1. The van der Waals surface area contributed by atoms with Crippen LogP contribution in [0.25, 0.3) is 10.1 Å². The minimum Gasteiger partial charge on any atom is -0.369 e. The highest BCUT2D eigenvalue weighted by molar-refractivity contribution is 7.17. The smallest absolute Gasteiger partial charge is 0.134 e. The van der Waals surface area contributed by atoms with Gasteiger partial charge >= 0.3 is 0 Å². The van der Waals surface area contributed by atoms with E-state index >= 15 is 0 Å². The maximum Gasteiger partial charge on any atom is 0.134 e. The lowest BCUT2D eigenvalue weighted by Gasteiger charge is -2.28. The predicted molar refractivity (Wildman–Crippen MR) is 80.4 cm³/mol. The van der Waals surface area contributed by atoms with Gasteiger partial charge in [-0.3, -0.25) is 0 Å². The lowest BCUT2D eigenvalue weighted by atomic mass is 9.93. The van der Waals surface area contributed by atoms with Crippen LogP contribution < -0.4 is 5.32 Å². The molecule has 0 aromatic carbocycles. The number of rotatable bonds is 5. The summed E-state index contributed by atoms with van der Waals surface area (Å²) in [6, 6.07) is 4.20. The molecular weight excluding hydrogens is 242 g/mol. The highest BCUT2D eigenvalue weighted by Gasteiger charge is 2.19. The number of hydrogen-bond donors (Lipinski definition) is 1. The molecule has 0 aliphatic carbocycles. The van der Waals surface area contributed by atoms with Crippen LogP contribution in [0, 0.1) is 5.41 Å². The fourth-order valence-corrected chi connectivity index (χ4v) is 3.05. The molecule has 0 aliphatic heterocycles. The van der Waals surface area contributed by atoms with Crippen molar-refractivity contribution in [2.45, 2.75) is 13.8 Å². The van der Waals surface area contributed by atoms with E-state index in [-0.39, 0.29) is 5.41 Å². The highest BCUT2D eigenvalue weighted by Crippen LogP contribution is 2.26. The van der Waals surface area contributed by atoms with E-state index in [1.807, 2.05) is 6.20 Å². The molecule has 18 heavy (non-hydrogen) atoms. The van der Waals surface area contributed by atoms with Gasteiger partial charge in [0.25, 0.3) is 0 Å². The van der Waals surface area contributed by atoms with Crippen molar-refractivity contribution in [3.63, 3.8) is 0 Å². The fraction of sp³-hybridized carbons (Fsp3) is 0.500. The Hall–Kier alpha value is -1.13. The minimum absolute atomic E-state index is 0.226. The molecule has 0 radical (unpaired) electrons. The van der Waals surface area contributed by atoms with Crippen molar-refractivity contribution >= 4 is 27.2 Å². The molecule has 3 nitrogen and oxygen atoms in total. The molecule has 0 saturated carbocycles. The lowest BCUT2D eigenvalue weighted by molar-refractivity contribution is 0.254. The van der Waals surface area contributed by atoms with Crippen LogP contribution in [-0.2, 0) is 0 Å². The Morgan fingerprint density at radius 1 is 1.33 bits per heavy atom. The molecule has 0 amide bonds. The summed E-state index contributed by atoms with van der Waals surface area (Å²) < 4.78 is 1.29. The molecular formula is C14H21N3S. The maximum atomic E-state index is 4.44. The van der Waals surface area contributed by atoms with Crippen molar-refractivity contribution in [3.8, 4) is 0 Å². The molecule has 0 bridgehead atoms. The van der Waals surface area contributed by atoms with E-state index in [2.05, 4.69) is 60.7 Å². The van der Waals surface area contributed by atoms with Crippen LogP contribution in [0.1, 0.15) is 13.8 Å². The standard InChI is InChI=1S/C14H21N3S/c1-14(2,10-17(3)4)9-16-13-11-6-8-18-12(11)5-7-15-13/h5-8H,9-10H2,1-4H3,(H,15,16). The van der Waals surface area contributed by atoms with E-state index in [9.17, 15) is 0 Å². The summed E-state index contributed by atoms with van der Waals surface area (Å²) >= 11 is 1.76. The summed E-state index contributed by atoms with van der Waals surface area (Å²) in [5.74, 6) is 1.00. The van der Waals surface area contributed by atoms with Crippen LogP contribution in [0.4, 0.5) is 5.82 Å². The Morgan fingerprint density at radius 3 is 2.83 bits per heavy atom. The average molecular weight is 263 g/mol. The van der Waals surface area contributed by atoms with Crippen molar-refractivity contribution in [3.05, 3.63) is 23.7 Å². The van der Waals surface area contributed by atoms with Crippen LogP contribution >= 0.6 is 11.3 Å². The number of hydrogen-bond acceptors (Lipinski definition) is 4. The first-order valence-electron chi connectivity index (χ1n) is 6.19. The third-order valence-electron chi connectivity index (χ3n) is 2.86. The molecule has 1 N–H and O–H groups in total. The average Bonchev–Trinajstić information content (AvgIpc) is 2.72. The first kappa shape index (κ1) is 13.3. The first-order valence-corrected chi connectivity index (χ1v) is 7.07. The summed E-state index contributed by atoms with van der Waals surface area (Å²) in [6.07, 6.45) is 1.88. The van der Waals surface area contributed by atoms with Gasteiger partial charge in [-0.05, 0) is 37.0 Å². The summed E-state index contributed by atoms with van der Waals surface area (Å²) in [5.41, 5.74) is 0.226. The summed E-state index contributed by atoms with van der Waals surface area (Å²) in [6.45, 7) is 6.52. The van der Waals surface area contributed by atoms with E-state index in [1.165, 1.54) is 10.1 Å². The van der Waals surface area contributed by atoms with Crippen LogP contribution in [0.5, 0.6) is 0 Å². The van der Waals surface area contributed by atoms with E-state index < -0.39 is 0 Å². The zero-order chi connectivity index (χ0) is 13.2. The van der Waals surface area contributed by atoms with Crippen LogP contribution in [0.15, 0.2) is 23.7 Å². The zero-order valence-corrected chi connectivity index (χ0v) is 12.3. The van der Waals surface area contributed by atoms with Gasteiger partial charge in [0.1, 0.15) is 5.82 Å². The largest absolute Gasteiger partial charge is 0.369 e. The molecule has 4 heteroatoms. The van der Waals surface area contributed by atoms with Crippen molar-refractivity contribution in [2.24, 2.45) is 5.41 Å². The third-order valence-corrected chi connectivity index (χ3v) is 3.74. The van der Waals surface area contributed by atoms with Gasteiger partial charge in [-0.2, -0.15) is 0 Å². The monoisotopic (exact) mass is 263 g/mol. The van der Waals surface area contributed by atoms with Crippen molar-refractivity contribution < 1.29 is 0 Å². The van der Waals surface area contributed by atoms with Crippen LogP contribution in [0.2, 0.25) is 0 Å². The van der Waals surface area contributed by atoms with Crippen LogP contribution in [0.3, 0.4) is 0 Å². The number of fused-ring (bicyclic) bond motifs is 1. The van der Waals surface area contributed by atoms with Gasteiger partial charge in [0, 0.05) is 29.4 Å². The molecule has 0 aliphatic rings. The normalized spacial score (nSPS) is 12.3. The summed E-state index contributed by atoms with van der Waals surface area (Å²) in [5, 5.41) is 6.83. The third kappa shape index (κ3) is 3.21. The second kappa shape index (κ2) is 5.24. The molecule has 0 atom stereocenters. The number of aromatic nitrogens is 1. The summed E-state index contributed by atoms with van der Waals surface area (Å²) in [4.78, 5) is 6.67. The first-order chi connectivity index (χ1) is 8.48. The van der Waals surface area contributed by atoms with Gasteiger partial charge in [-0.25, -0.2) is 4.98 Å². The molecule has 2 heterocycles. The highest BCUT2D eigenvalue weighted by atomic mass is 32.1. The van der Waals surface area contributed by atoms with Crippen molar-refractivity contribution in [1.29, 1.82) is 0 Å². The van der Waals surface area contributed by atoms with Crippen molar-refractivity contribution in [2.75, 3.05) is 32.5 Å². The van der Waals surface area contributed by atoms with Gasteiger partial charge in [-0.15, -0.1) is 11.3 Å². The number of anilines is 1. The summed E-state index contributed by atoms with van der Waals surface area (Å²) in [7, 11) is 4.22. The van der Waals surface area contributed by atoms with Gasteiger partial charge in [-0.1, -0.05) is 13.8 Å². The second-order valence-corrected chi connectivity index (χ2v) is 6.70. The zero-order valence-electron chi connectivity index (χ0n) is 11.5. The van der Waals surface area contributed by atoms with Crippen molar-refractivity contribution in [1.82, 2.24) is 9.88 Å². The Morgan fingerprint density at radius 2 is 2.11 bits per heavy atom. The van der Waals surface area contributed by atoms with Gasteiger partial charge in [0.2, 0.25) is 0 Å².